The molecule has 4 aromatic rings. The van der Waals surface area contributed by atoms with Gasteiger partial charge in [-0.3, -0.25) is 4.79 Å². The largest absolute Gasteiger partial charge is 0.383 e. The fourth-order valence-electron chi connectivity index (χ4n) is 7.55. The number of halogens is 2. The van der Waals surface area contributed by atoms with Crippen molar-refractivity contribution in [3.63, 3.8) is 0 Å². The lowest BCUT2D eigenvalue weighted by Crippen LogP contribution is -2.49. The summed E-state index contributed by atoms with van der Waals surface area (Å²) in [6.45, 7) is 2.07. The average molecular weight is 623 g/mol. The Morgan fingerprint density at radius 3 is 2.50 bits per heavy atom. The standard InChI is InChI=1S/C32H32F2N4O5S/c1-18-29(31(39)35-22-11-12-23(33)24(34)14-22)38-13-5-8-25(38)30(18)44(41,42)37-28-20-9-10-21(28)17-32(40,16-20)27-15-26(43-36-27)19-6-3-2-4-7-19/h2-4,6-7,11-12,14-15,20-21,28,37,40H,5,8-10,13,16-17H2,1H3,(H,35,39). The maximum absolute atomic E-state index is 14.0. The van der Waals surface area contributed by atoms with Gasteiger partial charge in [0.15, 0.2) is 17.4 Å². The van der Waals surface area contributed by atoms with E-state index in [2.05, 4.69) is 15.2 Å². The molecule has 2 atom stereocenters. The Morgan fingerprint density at radius 2 is 1.80 bits per heavy atom. The van der Waals surface area contributed by atoms with Crippen LogP contribution in [0.3, 0.4) is 0 Å². The number of fused-ring (bicyclic) bond motifs is 3. The van der Waals surface area contributed by atoms with Crippen molar-refractivity contribution in [2.24, 2.45) is 11.8 Å². The number of aromatic nitrogens is 2. The molecule has 3 heterocycles. The molecular weight excluding hydrogens is 590 g/mol. The van der Waals surface area contributed by atoms with Crippen molar-refractivity contribution in [3.8, 4) is 11.3 Å². The summed E-state index contributed by atoms with van der Waals surface area (Å²) < 4.78 is 65.4. The zero-order chi connectivity index (χ0) is 30.8. The highest BCUT2D eigenvalue weighted by Gasteiger charge is 2.52. The fraction of sp³-hybridized carbons (Fsp3) is 0.375. The van der Waals surface area contributed by atoms with E-state index in [0.29, 0.717) is 54.9 Å². The van der Waals surface area contributed by atoms with Crippen molar-refractivity contribution in [2.75, 3.05) is 5.32 Å². The molecule has 0 saturated heterocycles. The first-order chi connectivity index (χ1) is 21.0. The number of hydrogen-bond acceptors (Lipinski definition) is 6. The molecular formula is C32H32F2N4O5S. The Balaban J connectivity index is 1.13. The Kier molecular flexibility index (Phi) is 6.98. The Bertz CT molecular complexity index is 1860. The third-order valence-electron chi connectivity index (χ3n) is 9.47. The van der Waals surface area contributed by atoms with Gasteiger partial charge < -0.3 is 19.5 Å². The number of sulfonamides is 1. The van der Waals surface area contributed by atoms with Crippen molar-refractivity contribution < 1.29 is 31.6 Å². The van der Waals surface area contributed by atoms with Gasteiger partial charge in [0.2, 0.25) is 10.0 Å². The van der Waals surface area contributed by atoms with Crippen LogP contribution < -0.4 is 10.0 Å². The lowest BCUT2D eigenvalue weighted by atomic mass is 9.73. The molecule has 2 aromatic carbocycles. The second-order valence-corrected chi connectivity index (χ2v) is 13.9. The van der Waals surface area contributed by atoms with Gasteiger partial charge in [-0.25, -0.2) is 21.9 Å². The predicted molar refractivity (Wildman–Crippen MR) is 157 cm³/mol. The number of nitrogens with zero attached hydrogens (tertiary/aromatic N) is 2. The number of carbonyl (C=O) groups is 1. The first-order valence-corrected chi connectivity index (χ1v) is 16.3. The van der Waals surface area contributed by atoms with Crippen molar-refractivity contribution >= 4 is 21.6 Å². The smallest absolute Gasteiger partial charge is 0.272 e. The zero-order valence-corrected chi connectivity index (χ0v) is 24.8. The second kappa shape index (κ2) is 10.6. The van der Waals surface area contributed by atoms with Gasteiger partial charge in [0.1, 0.15) is 21.9 Å². The molecule has 2 aliphatic carbocycles. The van der Waals surface area contributed by atoms with Gasteiger partial charge in [-0.15, -0.1) is 0 Å². The van der Waals surface area contributed by atoms with Gasteiger partial charge in [0.25, 0.3) is 5.91 Å². The predicted octanol–water partition coefficient (Wildman–Crippen LogP) is 5.28. The van der Waals surface area contributed by atoms with Crippen LogP contribution in [0.5, 0.6) is 0 Å². The Labute approximate surface area is 253 Å². The van der Waals surface area contributed by atoms with Crippen molar-refractivity contribution in [2.45, 2.75) is 68.5 Å². The van der Waals surface area contributed by atoms with Crippen LogP contribution >= 0.6 is 0 Å². The molecule has 0 spiro atoms. The van der Waals surface area contributed by atoms with Crippen LogP contribution in [0.1, 0.15) is 59.5 Å². The minimum Gasteiger partial charge on any atom is -0.383 e. The van der Waals surface area contributed by atoms with Gasteiger partial charge in [-0.1, -0.05) is 35.5 Å². The number of anilines is 1. The molecule has 3 N–H and O–H groups in total. The highest BCUT2D eigenvalue weighted by molar-refractivity contribution is 7.89. The van der Waals surface area contributed by atoms with E-state index in [0.717, 1.165) is 30.5 Å². The lowest BCUT2D eigenvalue weighted by Gasteiger charge is -2.40. The van der Waals surface area contributed by atoms with Gasteiger partial charge in [0.05, 0.1) is 0 Å². The molecule has 2 aromatic heterocycles. The number of benzene rings is 2. The molecule has 1 aliphatic heterocycles. The van der Waals surface area contributed by atoms with E-state index >= 15 is 0 Å². The Morgan fingerprint density at radius 1 is 1.07 bits per heavy atom. The maximum atomic E-state index is 14.0. The van der Waals surface area contributed by atoms with E-state index in [1.165, 1.54) is 6.07 Å². The molecule has 0 radical (unpaired) electrons. The number of amides is 1. The van der Waals surface area contributed by atoms with E-state index in [4.69, 9.17) is 4.52 Å². The first kappa shape index (κ1) is 28.9. The molecule has 9 nitrogen and oxygen atoms in total. The summed E-state index contributed by atoms with van der Waals surface area (Å²) in [5.74, 6) is -2.39. The molecule has 12 heteroatoms. The van der Waals surface area contributed by atoms with Crippen LogP contribution in [-0.2, 0) is 28.6 Å². The molecule has 230 valence electrons. The third-order valence-corrected chi connectivity index (χ3v) is 11.1. The highest BCUT2D eigenvalue weighted by Crippen LogP contribution is 2.51. The molecule has 2 unspecified atom stereocenters. The normalized spacial score (nSPS) is 24.4. The minimum absolute atomic E-state index is 0.0682. The van der Waals surface area contributed by atoms with E-state index in [9.17, 15) is 27.1 Å². The summed E-state index contributed by atoms with van der Waals surface area (Å²) in [5.41, 5.74) is 1.19. The maximum Gasteiger partial charge on any atom is 0.272 e. The topological polar surface area (TPSA) is 126 Å². The summed E-state index contributed by atoms with van der Waals surface area (Å²) in [6.07, 6.45) is 3.37. The van der Waals surface area contributed by atoms with E-state index in [-0.39, 0.29) is 34.2 Å². The molecule has 44 heavy (non-hydrogen) atoms. The van der Waals surface area contributed by atoms with Gasteiger partial charge in [-0.05, 0) is 69.4 Å². The molecule has 1 amide bonds. The Hall–Kier alpha value is -3.87. The number of rotatable bonds is 7. The molecule has 3 aliphatic rings. The van der Waals surface area contributed by atoms with E-state index < -0.39 is 33.2 Å². The van der Waals surface area contributed by atoms with Gasteiger partial charge in [-0.2, -0.15) is 0 Å². The number of nitrogens with one attached hydrogen (secondary N) is 2. The van der Waals surface area contributed by atoms with Crippen molar-refractivity contribution in [1.82, 2.24) is 14.4 Å². The fourth-order valence-corrected chi connectivity index (χ4v) is 9.43. The third kappa shape index (κ3) is 4.85. The summed E-state index contributed by atoms with van der Waals surface area (Å²) >= 11 is 0. The van der Waals surface area contributed by atoms with Gasteiger partial charge >= 0.3 is 0 Å². The quantitative estimate of drug-likeness (QED) is 0.257. The first-order valence-electron chi connectivity index (χ1n) is 14.8. The van der Waals surface area contributed by atoms with E-state index in [1.54, 1.807) is 17.6 Å². The SMILES string of the molecule is Cc1c(S(=O)(=O)NC2C3CCC2CC(O)(c2cc(-c4ccccc4)on2)C3)c2n(c1C(=O)Nc1ccc(F)c(F)c1)CCC2. The van der Waals surface area contributed by atoms with Crippen molar-refractivity contribution in [3.05, 3.63) is 88.9 Å². The van der Waals surface area contributed by atoms with Crippen LogP contribution in [0, 0.1) is 30.4 Å². The van der Waals surface area contributed by atoms with Crippen LogP contribution in [0.25, 0.3) is 11.3 Å². The molecule has 2 bridgehead atoms. The summed E-state index contributed by atoms with van der Waals surface area (Å²) in [6, 6.07) is 14.0. The molecule has 7 rings (SSSR count). The highest BCUT2D eigenvalue weighted by atomic mass is 32.2. The van der Waals surface area contributed by atoms with Crippen LogP contribution in [0.15, 0.2) is 64.0 Å². The number of hydrogen-bond donors (Lipinski definition) is 3. The van der Waals surface area contributed by atoms with E-state index in [1.807, 2.05) is 30.3 Å². The number of aliphatic hydroxyl groups is 1. The zero-order valence-electron chi connectivity index (χ0n) is 24.0. The van der Waals surface area contributed by atoms with Crippen LogP contribution in [-0.4, -0.2) is 35.2 Å². The average Bonchev–Trinajstić information content (AvgIpc) is 3.76. The van der Waals surface area contributed by atoms with Crippen LogP contribution in [0.4, 0.5) is 14.5 Å². The summed E-state index contributed by atoms with van der Waals surface area (Å²) in [5, 5.41) is 18.5. The number of carbonyl (C=O) groups excluding carboxylic acids is 1. The summed E-state index contributed by atoms with van der Waals surface area (Å²) in [7, 11) is -4.05. The molecule has 2 fully saturated rings. The lowest BCUT2D eigenvalue weighted by molar-refractivity contribution is -0.0398. The van der Waals surface area contributed by atoms with Crippen LogP contribution in [0.2, 0.25) is 0 Å². The summed E-state index contributed by atoms with van der Waals surface area (Å²) in [4.78, 5) is 13.4. The monoisotopic (exact) mass is 622 g/mol. The van der Waals surface area contributed by atoms with Crippen molar-refractivity contribution in [1.29, 1.82) is 0 Å². The molecule has 2 saturated carbocycles. The minimum atomic E-state index is -4.05. The van der Waals surface area contributed by atoms with Gasteiger partial charge in [0, 0.05) is 47.2 Å². The second-order valence-electron chi connectivity index (χ2n) is 12.2.